The summed E-state index contributed by atoms with van der Waals surface area (Å²) in [7, 11) is 1.99. The Kier molecular flexibility index (Phi) is 3.41. The van der Waals surface area contributed by atoms with E-state index in [-0.39, 0.29) is 0 Å². The molecule has 1 saturated carbocycles. The van der Waals surface area contributed by atoms with Crippen LogP contribution in [0, 0.1) is 5.92 Å². The summed E-state index contributed by atoms with van der Waals surface area (Å²) < 4.78 is 6.56. The van der Waals surface area contributed by atoms with Gasteiger partial charge in [0, 0.05) is 5.38 Å². The normalized spacial score (nSPS) is 25.9. The van der Waals surface area contributed by atoms with Gasteiger partial charge in [-0.2, -0.15) is 4.98 Å². The highest BCUT2D eigenvalue weighted by atomic mass is 79.9. The lowest BCUT2D eigenvalue weighted by molar-refractivity contribution is 0.0654. The Hall–Kier alpha value is -0.130. The molecule has 1 aromatic heterocycles. The van der Waals surface area contributed by atoms with E-state index in [9.17, 15) is 0 Å². The van der Waals surface area contributed by atoms with Gasteiger partial charge in [0.2, 0.25) is 0 Å². The quantitative estimate of drug-likeness (QED) is 0.916. The third kappa shape index (κ3) is 2.46. The van der Waals surface area contributed by atoms with E-state index in [2.05, 4.69) is 26.2 Å². The fraction of sp³-hybridized carbons (Fsp3) is 0.667. The second-order valence-electron chi connectivity index (χ2n) is 3.57. The van der Waals surface area contributed by atoms with E-state index < -0.39 is 0 Å². The Labute approximate surface area is 96.0 Å². The van der Waals surface area contributed by atoms with Crippen LogP contribution >= 0.6 is 27.3 Å². The van der Waals surface area contributed by atoms with Crippen LogP contribution in [0.3, 0.4) is 0 Å². The molecule has 0 amide bonds. The third-order valence-electron chi connectivity index (χ3n) is 2.41. The van der Waals surface area contributed by atoms with Crippen LogP contribution in [-0.2, 0) is 0 Å². The first-order valence-corrected chi connectivity index (χ1v) is 6.37. The number of halogens is 1. The lowest BCUT2D eigenvalue weighted by Crippen LogP contribution is -2.38. The molecule has 0 unspecified atom stereocenters. The number of nitrogens with one attached hydrogen (secondary N) is 1. The van der Waals surface area contributed by atoms with Crippen LogP contribution in [0.4, 0.5) is 0 Å². The van der Waals surface area contributed by atoms with E-state index >= 15 is 0 Å². The zero-order valence-electron chi connectivity index (χ0n) is 8.00. The molecule has 0 spiro atoms. The monoisotopic (exact) mass is 276 g/mol. The summed E-state index contributed by atoms with van der Waals surface area (Å²) in [5.74, 6) is 0.786. The first-order chi connectivity index (χ1) is 6.78. The van der Waals surface area contributed by atoms with E-state index in [0.29, 0.717) is 6.10 Å². The summed E-state index contributed by atoms with van der Waals surface area (Å²) >= 11 is 4.85. The second-order valence-corrected chi connectivity index (χ2v) is 5.20. The van der Waals surface area contributed by atoms with Crippen molar-refractivity contribution in [1.29, 1.82) is 0 Å². The van der Waals surface area contributed by atoms with E-state index in [0.717, 1.165) is 35.1 Å². The largest absolute Gasteiger partial charge is 0.467 e. The van der Waals surface area contributed by atoms with Crippen molar-refractivity contribution >= 4 is 27.3 Å². The molecule has 2 rings (SSSR count). The topological polar surface area (TPSA) is 34.1 Å². The Morgan fingerprint density at radius 2 is 2.50 bits per heavy atom. The zero-order chi connectivity index (χ0) is 9.97. The summed E-state index contributed by atoms with van der Waals surface area (Å²) in [6, 6.07) is 0. The minimum atomic E-state index is 0.381. The van der Waals surface area contributed by atoms with E-state index in [1.165, 1.54) is 0 Å². The predicted octanol–water partition coefficient (Wildman–Crippen LogP) is 2.28. The Morgan fingerprint density at radius 3 is 3.07 bits per heavy atom. The average molecular weight is 277 g/mol. The number of aromatic nitrogens is 1. The molecule has 1 fully saturated rings. The van der Waals surface area contributed by atoms with Crippen molar-refractivity contribution in [2.75, 3.05) is 13.6 Å². The summed E-state index contributed by atoms with van der Waals surface area (Å²) in [5, 5.41) is 5.91. The molecular formula is C9H13BrN2OS. The number of hydrogen-bond acceptors (Lipinski definition) is 4. The van der Waals surface area contributed by atoms with Crippen molar-refractivity contribution in [1.82, 2.24) is 10.3 Å². The second kappa shape index (κ2) is 4.59. The van der Waals surface area contributed by atoms with E-state index in [1.807, 2.05) is 12.4 Å². The maximum atomic E-state index is 5.70. The molecular weight excluding hydrogens is 264 g/mol. The smallest absolute Gasteiger partial charge is 0.274 e. The average Bonchev–Trinajstić information content (AvgIpc) is 2.48. The fourth-order valence-corrected chi connectivity index (χ4v) is 2.81. The summed E-state index contributed by atoms with van der Waals surface area (Å²) in [6.07, 6.45) is 2.68. The Bertz CT molecular complexity index is 299. The molecule has 0 radical (unpaired) electrons. The molecule has 1 heterocycles. The highest BCUT2D eigenvalue weighted by Crippen LogP contribution is 2.32. The molecule has 78 valence electrons. The van der Waals surface area contributed by atoms with Crippen LogP contribution in [0.5, 0.6) is 5.19 Å². The van der Waals surface area contributed by atoms with Gasteiger partial charge in [-0.3, -0.25) is 0 Å². The highest BCUT2D eigenvalue weighted by molar-refractivity contribution is 9.10. The first-order valence-electron chi connectivity index (χ1n) is 4.70. The number of rotatable bonds is 4. The maximum absolute atomic E-state index is 5.70. The van der Waals surface area contributed by atoms with E-state index in [1.54, 1.807) is 11.3 Å². The lowest BCUT2D eigenvalue weighted by atomic mass is 9.82. The number of thiazole rings is 1. The van der Waals surface area contributed by atoms with Gasteiger partial charge in [-0.15, -0.1) is 0 Å². The molecule has 1 aliphatic carbocycles. The zero-order valence-corrected chi connectivity index (χ0v) is 10.4. The van der Waals surface area contributed by atoms with Crippen LogP contribution in [0.15, 0.2) is 9.98 Å². The van der Waals surface area contributed by atoms with Crippen LogP contribution in [-0.4, -0.2) is 24.7 Å². The summed E-state index contributed by atoms with van der Waals surface area (Å²) in [5.41, 5.74) is 0. The molecule has 1 N–H and O–H groups in total. The van der Waals surface area contributed by atoms with Crippen LogP contribution in [0.1, 0.15) is 12.8 Å². The molecule has 1 aromatic rings. The van der Waals surface area contributed by atoms with Crippen molar-refractivity contribution in [3.05, 3.63) is 9.98 Å². The minimum Gasteiger partial charge on any atom is -0.467 e. The Morgan fingerprint density at radius 1 is 1.71 bits per heavy atom. The number of ether oxygens (including phenoxy) is 1. The van der Waals surface area contributed by atoms with Crippen LogP contribution < -0.4 is 10.1 Å². The molecule has 0 bridgehead atoms. The van der Waals surface area contributed by atoms with Gasteiger partial charge in [0.25, 0.3) is 5.19 Å². The van der Waals surface area contributed by atoms with Crippen LogP contribution in [0.25, 0.3) is 0 Å². The predicted molar refractivity (Wildman–Crippen MR) is 60.9 cm³/mol. The van der Waals surface area contributed by atoms with E-state index in [4.69, 9.17) is 4.74 Å². The van der Waals surface area contributed by atoms with Crippen molar-refractivity contribution < 1.29 is 4.74 Å². The fourth-order valence-electron chi connectivity index (χ4n) is 1.66. The molecule has 0 aromatic carbocycles. The third-order valence-corrected chi connectivity index (χ3v) is 3.85. The SMILES string of the molecule is CNCC1CC(Oc2nc(Br)cs2)C1. The van der Waals surface area contributed by atoms with Crippen molar-refractivity contribution in [2.45, 2.75) is 18.9 Å². The van der Waals surface area contributed by atoms with Crippen LogP contribution in [0.2, 0.25) is 0 Å². The maximum Gasteiger partial charge on any atom is 0.274 e. The van der Waals surface area contributed by atoms with Gasteiger partial charge in [0.1, 0.15) is 10.7 Å². The summed E-state index contributed by atoms with van der Waals surface area (Å²) in [6.45, 7) is 1.10. The van der Waals surface area contributed by atoms with Gasteiger partial charge in [-0.25, -0.2) is 0 Å². The standard InChI is InChI=1S/C9H13BrN2OS/c1-11-4-6-2-7(3-6)13-9-12-8(10)5-14-9/h5-7,11H,2-4H2,1H3. The number of hydrogen-bond donors (Lipinski definition) is 1. The van der Waals surface area contributed by atoms with Crippen molar-refractivity contribution in [3.63, 3.8) is 0 Å². The lowest BCUT2D eigenvalue weighted by Gasteiger charge is -2.34. The highest BCUT2D eigenvalue weighted by Gasteiger charge is 2.30. The molecule has 0 aliphatic heterocycles. The number of nitrogens with zero attached hydrogens (tertiary/aromatic N) is 1. The van der Waals surface area contributed by atoms with Crippen molar-refractivity contribution in [2.24, 2.45) is 5.92 Å². The van der Waals surface area contributed by atoms with Gasteiger partial charge in [0.05, 0.1) is 0 Å². The molecule has 5 heteroatoms. The molecule has 0 atom stereocenters. The van der Waals surface area contributed by atoms with Gasteiger partial charge in [-0.05, 0) is 48.3 Å². The molecule has 3 nitrogen and oxygen atoms in total. The molecule has 0 saturated heterocycles. The van der Waals surface area contributed by atoms with Gasteiger partial charge < -0.3 is 10.1 Å². The van der Waals surface area contributed by atoms with Gasteiger partial charge in [-0.1, -0.05) is 11.3 Å². The minimum absolute atomic E-state index is 0.381. The summed E-state index contributed by atoms with van der Waals surface area (Å²) in [4.78, 5) is 4.20. The molecule has 14 heavy (non-hydrogen) atoms. The molecule has 1 aliphatic rings. The Balaban J connectivity index is 1.74. The van der Waals surface area contributed by atoms with Crippen molar-refractivity contribution in [3.8, 4) is 5.19 Å². The first kappa shape index (κ1) is 10.4. The van der Waals surface area contributed by atoms with Gasteiger partial charge >= 0.3 is 0 Å². The van der Waals surface area contributed by atoms with Gasteiger partial charge in [0.15, 0.2) is 0 Å².